The third kappa shape index (κ3) is 2.77. The van der Waals surface area contributed by atoms with E-state index >= 15 is 0 Å². The van der Waals surface area contributed by atoms with Gasteiger partial charge in [0, 0.05) is 18.5 Å². The second-order valence-electron chi connectivity index (χ2n) is 4.04. The molecule has 0 spiro atoms. The molecule has 3 nitrogen and oxygen atoms in total. The molecule has 2 heterocycles. The predicted octanol–water partition coefficient (Wildman–Crippen LogP) is 1.18. The first-order chi connectivity index (χ1) is 6.84. The van der Waals surface area contributed by atoms with Crippen LogP contribution in [-0.4, -0.2) is 36.6 Å². The summed E-state index contributed by atoms with van der Waals surface area (Å²) >= 11 is 1.67. The Morgan fingerprint density at radius 1 is 1.71 bits per heavy atom. The van der Waals surface area contributed by atoms with Crippen molar-refractivity contribution in [2.45, 2.75) is 13.0 Å². The molecule has 1 N–H and O–H groups in total. The monoisotopic (exact) mass is 211 g/mol. The van der Waals surface area contributed by atoms with Crippen molar-refractivity contribution in [1.29, 1.82) is 0 Å². The molecular formula is C10H17N3S. The lowest BCUT2D eigenvalue weighted by molar-refractivity contribution is 0.276. The quantitative estimate of drug-likeness (QED) is 0.810. The van der Waals surface area contributed by atoms with E-state index in [1.54, 1.807) is 11.3 Å². The molecule has 1 aliphatic rings. The third-order valence-electron chi connectivity index (χ3n) is 2.65. The second kappa shape index (κ2) is 4.87. The summed E-state index contributed by atoms with van der Waals surface area (Å²) in [7, 11) is 2.18. The average molecular weight is 211 g/mol. The Kier molecular flexibility index (Phi) is 3.50. The highest BCUT2D eigenvalue weighted by molar-refractivity contribution is 7.07. The molecule has 0 bridgehead atoms. The lowest BCUT2D eigenvalue weighted by Gasteiger charge is -2.19. The lowest BCUT2D eigenvalue weighted by atomic mass is 10.1. The molecule has 0 radical (unpaired) electrons. The highest BCUT2D eigenvalue weighted by Gasteiger charge is 2.16. The van der Waals surface area contributed by atoms with E-state index in [1.807, 2.05) is 5.51 Å². The highest BCUT2D eigenvalue weighted by atomic mass is 32.1. The Balaban J connectivity index is 1.75. The fourth-order valence-electron chi connectivity index (χ4n) is 1.97. The van der Waals surface area contributed by atoms with E-state index in [9.17, 15) is 0 Å². The van der Waals surface area contributed by atoms with Crippen LogP contribution >= 0.6 is 11.3 Å². The van der Waals surface area contributed by atoms with Gasteiger partial charge in [-0.05, 0) is 32.5 Å². The highest BCUT2D eigenvalue weighted by Crippen LogP contribution is 2.11. The molecule has 0 aliphatic carbocycles. The summed E-state index contributed by atoms with van der Waals surface area (Å²) in [5.74, 6) is 0.832. The zero-order chi connectivity index (χ0) is 9.80. The number of thiazole rings is 1. The molecule has 1 aromatic heterocycles. The molecule has 1 saturated heterocycles. The van der Waals surface area contributed by atoms with Crippen molar-refractivity contribution in [3.05, 3.63) is 16.6 Å². The van der Waals surface area contributed by atoms with Crippen molar-refractivity contribution >= 4 is 11.3 Å². The topological polar surface area (TPSA) is 28.2 Å². The molecule has 14 heavy (non-hydrogen) atoms. The SMILES string of the molecule is CN(Cc1cscn1)CC1CCNC1. The average Bonchev–Trinajstić information content (AvgIpc) is 2.76. The number of aromatic nitrogens is 1. The van der Waals surface area contributed by atoms with Crippen LogP contribution < -0.4 is 5.32 Å². The zero-order valence-electron chi connectivity index (χ0n) is 8.57. The van der Waals surface area contributed by atoms with Crippen LogP contribution in [0.3, 0.4) is 0 Å². The van der Waals surface area contributed by atoms with Gasteiger partial charge in [0.05, 0.1) is 11.2 Å². The lowest BCUT2D eigenvalue weighted by Crippen LogP contribution is -2.26. The van der Waals surface area contributed by atoms with E-state index in [2.05, 4.69) is 27.6 Å². The number of hydrogen-bond donors (Lipinski definition) is 1. The van der Waals surface area contributed by atoms with Crippen LogP contribution in [0.5, 0.6) is 0 Å². The molecule has 78 valence electrons. The van der Waals surface area contributed by atoms with Gasteiger partial charge in [0.15, 0.2) is 0 Å². The van der Waals surface area contributed by atoms with Crippen molar-refractivity contribution < 1.29 is 0 Å². The summed E-state index contributed by atoms with van der Waals surface area (Å²) in [6.45, 7) is 4.54. The van der Waals surface area contributed by atoms with E-state index in [0.29, 0.717) is 0 Å². The molecule has 2 rings (SSSR count). The van der Waals surface area contributed by atoms with Gasteiger partial charge in [0.1, 0.15) is 0 Å². The molecule has 0 amide bonds. The Bertz CT molecular complexity index is 254. The molecule has 1 unspecified atom stereocenters. The third-order valence-corrected chi connectivity index (χ3v) is 3.28. The first-order valence-electron chi connectivity index (χ1n) is 5.11. The summed E-state index contributed by atoms with van der Waals surface area (Å²) in [5.41, 5.74) is 3.10. The Hall–Kier alpha value is -0.450. The van der Waals surface area contributed by atoms with Gasteiger partial charge in [0.25, 0.3) is 0 Å². The van der Waals surface area contributed by atoms with Crippen molar-refractivity contribution in [2.24, 2.45) is 5.92 Å². The Morgan fingerprint density at radius 2 is 2.64 bits per heavy atom. The fourth-order valence-corrected chi connectivity index (χ4v) is 2.52. The second-order valence-corrected chi connectivity index (χ2v) is 4.75. The van der Waals surface area contributed by atoms with E-state index in [4.69, 9.17) is 0 Å². The van der Waals surface area contributed by atoms with Crippen molar-refractivity contribution in [3.63, 3.8) is 0 Å². The van der Waals surface area contributed by atoms with Gasteiger partial charge in [0.2, 0.25) is 0 Å². The van der Waals surface area contributed by atoms with Crippen LogP contribution in [0.1, 0.15) is 12.1 Å². The van der Waals surface area contributed by atoms with E-state index in [-0.39, 0.29) is 0 Å². The fraction of sp³-hybridized carbons (Fsp3) is 0.700. The summed E-state index contributed by atoms with van der Waals surface area (Å²) in [4.78, 5) is 6.66. The smallest absolute Gasteiger partial charge is 0.0795 e. The van der Waals surface area contributed by atoms with Crippen LogP contribution in [0.25, 0.3) is 0 Å². The van der Waals surface area contributed by atoms with Gasteiger partial charge < -0.3 is 10.2 Å². The number of rotatable bonds is 4. The minimum Gasteiger partial charge on any atom is -0.316 e. The maximum Gasteiger partial charge on any atom is 0.0795 e. The van der Waals surface area contributed by atoms with Gasteiger partial charge in [-0.1, -0.05) is 0 Å². The molecule has 1 aromatic rings. The molecular weight excluding hydrogens is 194 g/mol. The minimum atomic E-state index is 0.832. The summed E-state index contributed by atoms with van der Waals surface area (Å²) in [5, 5.41) is 5.52. The van der Waals surface area contributed by atoms with E-state index in [0.717, 1.165) is 12.5 Å². The summed E-state index contributed by atoms with van der Waals surface area (Å²) in [6, 6.07) is 0. The Morgan fingerprint density at radius 3 is 3.29 bits per heavy atom. The largest absolute Gasteiger partial charge is 0.316 e. The first-order valence-corrected chi connectivity index (χ1v) is 6.05. The number of nitrogens with one attached hydrogen (secondary N) is 1. The van der Waals surface area contributed by atoms with Gasteiger partial charge in [-0.25, -0.2) is 4.98 Å². The maximum absolute atomic E-state index is 4.29. The van der Waals surface area contributed by atoms with Crippen LogP contribution in [-0.2, 0) is 6.54 Å². The number of nitrogens with zero attached hydrogens (tertiary/aromatic N) is 2. The minimum absolute atomic E-state index is 0.832. The van der Waals surface area contributed by atoms with Crippen LogP contribution in [0.2, 0.25) is 0 Å². The van der Waals surface area contributed by atoms with Crippen molar-refractivity contribution in [1.82, 2.24) is 15.2 Å². The van der Waals surface area contributed by atoms with Crippen LogP contribution in [0, 0.1) is 5.92 Å². The van der Waals surface area contributed by atoms with Crippen molar-refractivity contribution in [3.8, 4) is 0 Å². The molecule has 0 aromatic carbocycles. The summed E-state index contributed by atoms with van der Waals surface area (Å²) < 4.78 is 0. The maximum atomic E-state index is 4.29. The van der Waals surface area contributed by atoms with E-state index < -0.39 is 0 Å². The molecule has 1 fully saturated rings. The van der Waals surface area contributed by atoms with Gasteiger partial charge in [-0.3, -0.25) is 0 Å². The summed E-state index contributed by atoms with van der Waals surface area (Å²) in [6.07, 6.45) is 1.32. The normalized spacial score (nSPS) is 22.0. The van der Waals surface area contributed by atoms with Crippen LogP contribution in [0.4, 0.5) is 0 Å². The Labute approximate surface area is 89.1 Å². The number of hydrogen-bond acceptors (Lipinski definition) is 4. The van der Waals surface area contributed by atoms with Gasteiger partial charge >= 0.3 is 0 Å². The van der Waals surface area contributed by atoms with E-state index in [1.165, 1.54) is 31.7 Å². The molecule has 1 aliphatic heterocycles. The first kappa shape index (κ1) is 10.1. The van der Waals surface area contributed by atoms with Crippen LogP contribution in [0.15, 0.2) is 10.9 Å². The standard InChI is InChI=1S/C10H17N3S/c1-13(5-9-2-3-11-4-9)6-10-7-14-8-12-10/h7-9,11H,2-6H2,1H3. The molecule has 4 heteroatoms. The predicted molar refractivity (Wildman–Crippen MR) is 59.4 cm³/mol. The van der Waals surface area contributed by atoms with Crippen molar-refractivity contribution in [2.75, 3.05) is 26.7 Å². The van der Waals surface area contributed by atoms with Gasteiger partial charge in [-0.15, -0.1) is 11.3 Å². The molecule has 0 saturated carbocycles. The zero-order valence-corrected chi connectivity index (χ0v) is 9.39. The molecule has 1 atom stereocenters. The van der Waals surface area contributed by atoms with Gasteiger partial charge in [-0.2, -0.15) is 0 Å².